The highest BCUT2D eigenvalue weighted by Gasteiger charge is 2.26. The number of aliphatic hydroxyl groups is 1. The summed E-state index contributed by atoms with van der Waals surface area (Å²) in [5, 5.41) is 18.7. The number of imidazole rings is 1. The van der Waals surface area contributed by atoms with E-state index in [2.05, 4.69) is 15.2 Å². The summed E-state index contributed by atoms with van der Waals surface area (Å²) in [6.45, 7) is 0. The maximum absolute atomic E-state index is 14.7. The van der Waals surface area contributed by atoms with Crippen LogP contribution in [-0.4, -0.2) is 29.5 Å². The zero-order valence-electron chi connectivity index (χ0n) is 12.3. The van der Waals surface area contributed by atoms with Crippen molar-refractivity contribution in [1.29, 1.82) is 0 Å². The molecule has 0 saturated carbocycles. The predicted octanol–water partition coefficient (Wildman–Crippen LogP) is 2.63. The Kier molecular flexibility index (Phi) is 3.26. The number of hydrogen-bond donors (Lipinski definition) is 1. The molecule has 3 aromatic heterocycles. The molecule has 0 aliphatic heterocycles. The Hall–Kier alpha value is -2.58. The van der Waals surface area contributed by atoms with Crippen LogP contribution in [0.15, 0.2) is 30.6 Å². The molecule has 0 fully saturated rings. The highest BCUT2D eigenvalue weighted by molar-refractivity contribution is 6.29. The van der Waals surface area contributed by atoms with Gasteiger partial charge in [-0.3, -0.25) is 4.68 Å². The standard InChI is InChI=1S/C15H10ClF2N5O/c1-22-9-4-8(17)13(14(18)7(9)5-20-22)15(24)10-6-19-12-3-2-11(16)21-23(10)12/h2-6,15,24H,1H3. The maximum atomic E-state index is 14.7. The molecular weight excluding hydrogens is 340 g/mol. The van der Waals surface area contributed by atoms with Crippen molar-refractivity contribution in [2.75, 3.05) is 0 Å². The minimum Gasteiger partial charge on any atom is -0.382 e. The number of rotatable bonds is 2. The Morgan fingerprint density at radius 2 is 2.04 bits per heavy atom. The van der Waals surface area contributed by atoms with Gasteiger partial charge in [-0.2, -0.15) is 10.2 Å². The van der Waals surface area contributed by atoms with Crippen LogP contribution >= 0.6 is 11.6 Å². The first-order chi connectivity index (χ1) is 11.5. The second kappa shape index (κ2) is 5.22. The largest absolute Gasteiger partial charge is 0.382 e. The van der Waals surface area contributed by atoms with Gasteiger partial charge in [0.2, 0.25) is 0 Å². The molecule has 0 spiro atoms. The van der Waals surface area contributed by atoms with E-state index in [-0.39, 0.29) is 16.2 Å². The van der Waals surface area contributed by atoms with Crippen LogP contribution < -0.4 is 0 Å². The summed E-state index contributed by atoms with van der Waals surface area (Å²) in [4.78, 5) is 4.05. The first-order valence-electron chi connectivity index (χ1n) is 6.95. The Balaban J connectivity index is 1.94. The van der Waals surface area contributed by atoms with Gasteiger partial charge in [0.1, 0.15) is 22.9 Å². The van der Waals surface area contributed by atoms with Crippen molar-refractivity contribution in [3.63, 3.8) is 0 Å². The molecule has 9 heteroatoms. The van der Waals surface area contributed by atoms with Gasteiger partial charge in [-0.25, -0.2) is 18.3 Å². The lowest BCUT2D eigenvalue weighted by Gasteiger charge is -2.13. The first-order valence-corrected chi connectivity index (χ1v) is 7.33. The Labute approximate surface area is 138 Å². The summed E-state index contributed by atoms with van der Waals surface area (Å²) in [7, 11) is 1.58. The fourth-order valence-corrected chi connectivity index (χ4v) is 2.83. The third-order valence-corrected chi connectivity index (χ3v) is 4.09. The van der Waals surface area contributed by atoms with E-state index in [0.717, 1.165) is 6.07 Å². The highest BCUT2D eigenvalue weighted by atomic mass is 35.5. The van der Waals surface area contributed by atoms with Gasteiger partial charge in [0.05, 0.1) is 34.6 Å². The molecule has 1 aromatic carbocycles. The van der Waals surface area contributed by atoms with Gasteiger partial charge in [-0.05, 0) is 12.1 Å². The number of nitrogens with zero attached hydrogens (tertiary/aromatic N) is 5. The molecule has 24 heavy (non-hydrogen) atoms. The van der Waals surface area contributed by atoms with E-state index in [0.29, 0.717) is 11.2 Å². The second-order valence-electron chi connectivity index (χ2n) is 5.30. The minimum atomic E-state index is -1.60. The summed E-state index contributed by atoms with van der Waals surface area (Å²) in [5.41, 5.74) is 0.310. The van der Waals surface area contributed by atoms with Gasteiger partial charge in [-0.1, -0.05) is 11.6 Å². The average molecular weight is 350 g/mol. The summed E-state index contributed by atoms with van der Waals surface area (Å²) >= 11 is 5.84. The van der Waals surface area contributed by atoms with Gasteiger partial charge >= 0.3 is 0 Å². The molecule has 0 radical (unpaired) electrons. The molecule has 1 N–H and O–H groups in total. The molecular formula is C15H10ClF2N5O. The summed E-state index contributed by atoms with van der Waals surface area (Å²) < 4.78 is 31.8. The molecule has 3 heterocycles. The first kappa shape index (κ1) is 15.0. The van der Waals surface area contributed by atoms with Crippen LogP contribution in [0.2, 0.25) is 5.15 Å². The van der Waals surface area contributed by atoms with Crippen LogP contribution in [0.3, 0.4) is 0 Å². The lowest BCUT2D eigenvalue weighted by atomic mass is 10.0. The lowest BCUT2D eigenvalue weighted by molar-refractivity contribution is 0.202. The normalized spacial score (nSPS) is 13.0. The number of aliphatic hydroxyl groups excluding tert-OH is 1. The summed E-state index contributed by atoms with van der Waals surface area (Å²) in [5.74, 6) is -1.75. The Morgan fingerprint density at radius 3 is 2.83 bits per heavy atom. The van der Waals surface area contributed by atoms with Gasteiger partial charge in [0.25, 0.3) is 0 Å². The molecule has 4 rings (SSSR count). The number of halogens is 3. The third-order valence-electron chi connectivity index (χ3n) is 3.89. The zero-order chi connectivity index (χ0) is 17.0. The topological polar surface area (TPSA) is 68.2 Å². The van der Waals surface area contributed by atoms with Crippen molar-refractivity contribution >= 4 is 28.2 Å². The molecule has 4 aromatic rings. The van der Waals surface area contributed by atoms with Gasteiger partial charge in [0, 0.05) is 13.1 Å². The minimum absolute atomic E-state index is 0.105. The SMILES string of the molecule is Cn1ncc2c(F)c(C(O)c3cnc4ccc(Cl)nn34)c(F)cc21. The summed E-state index contributed by atoms with van der Waals surface area (Å²) in [6.07, 6.45) is 0.982. The number of hydrogen-bond acceptors (Lipinski definition) is 4. The number of benzene rings is 1. The number of aryl methyl sites for hydroxylation is 1. The fraction of sp³-hybridized carbons (Fsp3) is 0.133. The van der Waals surface area contributed by atoms with Gasteiger partial charge in [0.15, 0.2) is 5.65 Å². The fourth-order valence-electron chi connectivity index (χ4n) is 2.69. The van der Waals surface area contributed by atoms with Crippen molar-refractivity contribution in [2.45, 2.75) is 6.10 Å². The Bertz CT molecular complexity index is 1090. The van der Waals surface area contributed by atoms with E-state index in [4.69, 9.17) is 11.6 Å². The van der Waals surface area contributed by atoms with Crippen LogP contribution in [0.5, 0.6) is 0 Å². The Morgan fingerprint density at radius 1 is 1.25 bits per heavy atom. The van der Waals surface area contributed by atoms with Crippen LogP contribution in [0.4, 0.5) is 8.78 Å². The predicted molar refractivity (Wildman–Crippen MR) is 82.7 cm³/mol. The average Bonchev–Trinajstić information content (AvgIpc) is 3.11. The van der Waals surface area contributed by atoms with E-state index in [1.807, 2.05) is 0 Å². The van der Waals surface area contributed by atoms with E-state index in [9.17, 15) is 13.9 Å². The second-order valence-corrected chi connectivity index (χ2v) is 5.69. The van der Waals surface area contributed by atoms with Crippen molar-refractivity contribution in [1.82, 2.24) is 24.4 Å². The monoisotopic (exact) mass is 349 g/mol. The third kappa shape index (κ3) is 2.07. The van der Waals surface area contributed by atoms with E-state index in [1.54, 1.807) is 13.1 Å². The summed E-state index contributed by atoms with van der Waals surface area (Å²) in [6, 6.07) is 4.25. The van der Waals surface area contributed by atoms with Crippen LogP contribution in [0.1, 0.15) is 17.4 Å². The molecule has 0 aliphatic carbocycles. The molecule has 1 atom stereocenters. The molecule has 6 nitrogen and oxygen atoms in total. The van der Waals surface area contributed by atoms with Gasteiger partial charge in [-0.15, -0.1) is 0 Å². The van der Waals surface area contributed by atoms with E-state index >= 15 is 0 Å². The van der Waals surface area contributed by atoms with Crippen molar-refractivity contribution < 1.29 is 13.9 Å². The van der Waals surface area contributed by atoms with Gasteiger partial charge < -0.3 is 5.11 Å². The van der Waals surface area contributed by atoms with Crippen molar-refractivity contribution in [3.05, 3.63) is 58.6 Å². The zero-order valence-corrected chi connectivity index (χ0v) is 13.0. The van der Waals surface area contributed by atoms with Crippen LogP contribution in [-0.2, 0) is 7.05 Å². The quantitative estimate of drug-likeness (QED) is 0.604. The molecule has 0 aliphatic rings. The maximum Gasteiger partial charge on any atom is 0.154 e. The molecule has 122 valence electrons. The van der Waals surface area contributed by atoms with E-state index < -0.39 is 23.3 Å². The van der Waals surface area contributed by atoms with Crippen molar-refractivity contribution in [3.8, 4) is 0 Å². The van der Waals surface area contributed by atoms with Crippen LogP contribution in [0, 0.1) is 11.6 Å². The lowest BCUT2D eigenvalue weighted by Crippen LogP contribution is -2.10. The molecule has 0 bridgehead atoms. The molecule has 0 amide bonds. The highest BCUT2D eigenvalue weighted by Crippen LogP contribution is 2.31. The molecule has 0 saturated heterocycles. The number of aromatic nitrogens is 5. The number of fused-ring (bicyclic) bond motifs is 2. The molecule has 1 unspecified atom stereocenters. The smallest absolute Gasteiger partial charge is 0.154 e. The van der Waals surface area contributed by atoms with Crippen molar-refractivity contribution in [2.24, 2.45) is 7.05 Å². The van der Waals surface area contributed by atoms with Crippen LogP contribution in [0.25, 0.3) is 16.6 Å². The van der Waals surface area contributed by atoms with E-state index in [1.165, 1.54) is 27.7 Å².